The van der Waals surface area contributed by atoms with Crippen LogP contribution in [0.25, 0.3) is 0 Å². The smallest absolute Gasteiger partial charge is 0.319 e. The number of sulfonamides is 1. The Balaban J connectivity index is 1.99. The molecule has 0 atom stereocenters. The summed E-state index contributed by atoms with van der Waals surface area (Å²) in [6.07, 6.45) is 6.72. The molecule has 1 aliphatic carbocycles. The van der Waals surface area contributed by atoms with Gasteiger partial charge >= 0.3 is 6.03 Å². The second-order valence-electron chi connectivity index (χ2n) is 5.71. The Morgan fingerprint density at radius 2 is 1.91 bits per heavy atom. The molecule has 0 aliphatic heterocycles. The summed E-state index contributed by atoms with van der Waals surface area (Å²) in [7, 11) is -1.84. The van der Waals surface area contributed by atoms with Crippen LogP contribution in [0.15, 0.2) is 24.3 Å². The Bertz CT molecular complexity index is 625. The van der Waals surface area contributed by atoms with Gasteiger partial charge in [-0.15, -0.1) is 0 Å². The lowest BCUT2D eigenvalue weighted by Crippen LogP contribution is -2.39. The fraction of sp³-hybridized carbons (Fsp3) is 0.533. The Morgan fingerprint density at radius 3 is 2.55 bits per heavy atom. The molecule has 0 saturated heterocycles. The summed E-state index contributed by atoms with van der Waals surface area (Å²) in [5.41, 5.74) is 1.08. The maximum absolute atomic E-state index is 12.0. The van der Waals surface area contributed by atoms with E-state index in [1.807, 2.05) is 0 Å². The van der Waals surface area contributed by atoms with Gasteiger partial charge in [-0.25, -0.2) is 13.2 Å². The molecule has 0 aromatic heterocycles. The summed E-state index contributed by atoms with van der Waals surface area (Å²) < 4.78 is 24.3. The molecule has 0 unspecified atom stereocenters. The van der Waals surface area contributed by atoms with Crippen molar-refractivity contribution < 1.29 is 13.2 Å². The van der Waals surface area contributed by atoms with Crippen molar-refractivity contribution in [2.75, 3.05) is 22.9 Å². The summed E-state index contributed by atoms with van der Waals surface area (Å²) in [5, 5.41) is 5.73. The summed E-state index contributed by atoms with van der Waals surface area (Å²) in [6.45, 7) is 0. The number of benzene rings is 1. The highest BCUT2D eigenvalue weighted by molar-refractivity contribution is 7.92. The van der Waals surface area contributed by atoms with Crippen molar-refractivity contribution >= 4 is 27.4 Å². The first-order valence-electron chi connectivity index (χ1n) is 7.48. The molecule has 2 amide bonds. The van der Waals surface area contributed by atoms with E-state index < -0.39 is 10.0 Å². The number of nitrogens with one attached hydrogen (secondary N) is 2. The minimum atomic E-state index is -3.32. The molecule has 1 aliphatic rings. The fourth-order valence-electron chi connectivity index (χ4n) is 2.57. The highest BCUT2D eigenvalue weighted by Gasteiger charge is 2.16. The fourth-order valence-corrected chi connectivity index (χ4v) is 3.07. The first-order valence-corrected chi connectivity index (χ1v) is 9.32. The van der Waals surface area contributed by atoms with Gasteiger partial charge in [-0.1, -0.05) is 25.3 Å². The normalized spacial score (nSPS) is 16.1. The molecule has 2 N–H and O–H groups in total. The number of amides is 2. The van der Waals surface area contributed by atoms with Crippen molar-refractivity contribution in [2.24, 2.45) is 0 Å². The van der Waals surface area contributed by atoms with Crippen LogP contribution in [0.2, 0.25) is 0 Å². The summed E-state index contributed by atoms with van der Waals surface area (Å²) in [5.74, 6) is 0. The monoisotopic (exact) mass is 325 g/mol. The van der Waals surface area contributed by atoms with E-state index in [9.17, 15) is 13.2 Å². The topological polar surface area (TPSA) is 78.5 Å². The standard InChI is InChI=1S/C15H23N3O3S/c1-18(22(2,20)21)14-10-6-9-13(11-14)17-15(19)16-12-7-4-3-5-8-12/h6,9-12H,3-5,7-8H2,1-2H3,(H2,16,17,19). The van der Waals surface area contributed by atoms with Crippen LogP contribution in [-0.4, -0.2) is 33.8 Å². The molecular formula is C15H23N3O3S. The van der Waals surface area contributed by atoms with Crippen LogP contribution in [0.5, 0.6) is 0 Å². The third kappa shape index (κ3) is 4.62. The van der Waals surface area contributed by atoms with Crippen LogP contribution in [0, 0.1) is 0 Å². The first kappa shape index (κ1) is 16.6. The Hall–Kier alpha value is -1.76. The van der Waals surface area contributed by atoms with Crippen LogP contribution in [0.1, 0.15) is 32.1 Å². The quantitative estimate of drug-likeness (QED) is 0.893. The number of hydrogen-bond acceptors (Lipinski definition) is 3. The maximum atomic E-state index is 12.0. The number of anilines is 2. The minimum absolute atomic E-state index is 0.232. The zero-order valence-corrected chi connectivity index (χ0v) is 13.8. The van der Waals surface area contributed by atoms with Crippen molar-refractivity contribution in [3.63, 3.8) is 0 Å². The van der Waals surface area contributed by atoms with Gasteiger partial charge in [0.2, 0.25) is 10.0 Å². The van der Waals surface area contributed by atoms with Gasteiger partial charge < -0.3 is 10.6 Å². The number of rotatable bonds is 4. The zero-order chi connectivity index (χ0) is 16.2. The van der Waals surface area contributed by atoms with Crippen molar-refractivity contribution in [2.45, 2.75) is 38.1 Å². The van der Waals surface area contributed by atoms with Gasteiger partial charge in [0.25, 0.3) is 0 Å². The molecule has 1 aromatic rings. The van der Waals surface area contributed by atoms with Crippen LogP contribution in [0.4, 0.5) is 16.2 Å². The van der Waals surface area contributed by atoms with Gasteiger partial charge in [-0.2, -0.15) is 0 Å². The lowest BCUT2D eigenvalue weighted by Gasteiger charge is -2.23. The van der Waals surface area contributed by atoms with Crippen LogP contribution >= 0.6 is 0 Å². The van der Waals surface area contributed by atoms with E-state index in [2.05, 4.69) is 10.6 Å². The average molecular weight is 325 g/mol. The number of hydrogen-bond donors (Lipinski definition) is 2. The van der Waals surface area contributed by atoms with E-state index in [-0.39, 0.29) is 12.1 Å². The molecular weight excluding hydrogens is 302 g/mol. The van der Waals surface area contributed by atoms with E-state index >= 15 is 0 Å². The summed E-state index contributed by atoms with van der Waals surface area (Å²) in [4.78, 5) is 12.0. The molecule has 22 heavy (non-hydrogen) atoms. The number of urea groups is 1. The third-order valence-corrected chi connectivity index (χ3v) is 5.11. The second kappa shape index (κ2) is 7.00. The first-order chi connectivity index (χ1) is 10.4. The highest BCUT2D eigenvalue weighted by Crippen LogP contribution is 2.21. The molecule has 0 heterocycles. The molecule has 1 saturated carbocycles. The molecule has 1 aromatic carbocycles. The lowest BCUT2D eigenvalue weighted by molar-refractivity contribution is 0.244. The largest absolute Gasteiger partial charge is 0.335 e. The Labute approximate surface area is 131 Å². The van der Waals surface area contributed by atoms with E-state index in [0.717, 1.165) is 31.9 Å². The molecule has 2 rings (SSSR count). The molecule has 0 spiro atoms. The predicted octanol–water partition coefficient (Wildman–Crippen LogP) is 2.54. The summed E-state index contributed by atoms with van der Waals surface area (Å²) in [6, 6.07) is 6.77. The van der Waals surface area contributed by atoms with Crippen molar-refractivity contribution in [3.05, 3.63) is 24.3 Å². The van der Waals surface area contributed by atoms with Crippen molar-refractivity contribution in [3.8, 4) is 0 Å². The molecule has 6 nitrogen and oxygen atoms in total. The third-order valence-electron chi connectivity index (χ3n) is 3.91. The molecule has 1 fully saturated rings. The Morgan fingerprint density at radius 1 is 1.23 bits per heavy atom. The van der Waals surface area contributed by atoms with Gasteiger partial charge in [0.05, 0.1) is 11.9 Å². The van der Waals surface area contributed by atoms with E-state index in [1.165, 1.54) is 17.8 Å². The molecule has 0 bridgehead atoms. The van der Waals surface area contributed by atoms with Gasteiger partial charge in [0.15, 0.2) is 0 Å². The molecule has 0 radical (unpaired) electrons. The average Bonchev–Trinajstić information content (AvgIpc) is 2.46. The van der Waals surface area contributed by atoms with Crippen molar-refractivity contribution in [1.29, 1.82) is 0 Å². The zero-order valence-electron chi connectivity index (χ0n) is 13.0. The number of carbonyl (C=O) groups excluding carboxylic acids is 1. The van der Waals surface area contributed by atoms with E-state index in [1.54, 1.807) is 24.3 Å². The Kier molecular flexibility index (Phi) is 5.28. The van der Waals surface area contributed by atoms with Crippen molar-refractivity contribution in [1.82, 2.24) is 5.32 Å². The minimum Gasteiger partial charge on any atom is -0.335 e. The maximum Gasteiger partial charge on any atom is 0.319 e. The molecule has 122 valence electrons. The van der Waals surface area contributed by atoms with Crippen LogP contribution < -0.4 is 14.9 Å². The highest BCUT2D eigenvalue weighted by atomic mass is 32.2. The van der Waals surface area contributed by atoms with Gasteiger partial charge in [-0.05, 0) is 31.0 Å². The van der Waals surface area contributed by atoms with Crippen LogP contribution in [-0.2, 0) is 10.0 Å². The predicted molar refractivity (Wildman–Crippen MR) is 88.7 cm³/mol. The van der Waals surface area contributed by atoms with Gasteiger partial charge in [0, 0.05) is 18.8 Å². The second-order valence-corrected chi connectivity index (χ2v) is 7.73. The number of carbonyl (C=O) groups is 1. The SMILES string of the molecule is CN(c1cccc(NC(=O)NC2CCCCC2)c1)S(C)(=O)=O. The van der Waals surface area contributed by atoms with Gasteiger partial charge in [0.1, 0.15) is 0 Å². The lowest BCUT2D eigenvalue weighted by atomic mass is 9.96. The number of nitrogens with zero attached hydrogens (tertiary/aromatic N) is 1. The van der Waals surface area contributed by atoms with Crippen LogP contribution in [0.3, 0.4) is 0 Å². The van der Waals surface area contributed by atoms with E-state index in [4.69, 9.17) is 0 Å². The molecule has 7 heteroatoms. The van der Waals surface area contributed by atoms with Gasteiger partial charge in [-0.3, -0.25) is 4.31 Å². The van der Waals surface area contributed by atoms with E-state index in [0.29, 0.717) is 11.4 Å². The summed E-state index contributed by atoms with van der Waals surface area (Å²) >= 11 is 0.